The lowest BCUT2D eigenvalue weighted by Gasteiger charge is -2.48. The number of benzene rings is 18. The zero-order valence-corrected chi connectivity index (χ0v) is 80.0. The molecule has 6 heterocycles. The summed E-state index contributed by atoms with van der Waals surface area (Å²) in [6.45, 7) is 28.9. The monoisotopic (exact) mass is 1790 g/mol. The van der Waals surface area contributed by atoms with Gasteiger partial charge in [-0.1, -0.05) is 362 Å². The van der Waals surface area contributed by atoms with Gasteiger partial charge in [-0.3, -0.25) is 0 Å². The van der Waals surface area contributed by atoms with Gasteiger partial charge in [0.25, 0.3) is 0 Å². The third kappa shape index (κ3) is 12.6. The largest absolute Gasteiger partial charge is 0.228 e. The van der Waals surface area contributed by atoms with Gasteiger partial charge in [-0.15, -0.1) is 34.0 Å². The molecular formula is C126H96N6S3. The molecule has 0 unspecified atom stereocenters. The van der Waals surface area contributed by atoms with Crippen LogP contribution < -0.4 is 0 Å². The number of rotatable bonds is 6. The molecule has 0 fully saturated rings. The lowest BCUT2D eigenvalue weighted by atomic mass is 9.55. The predicted molar refractivity (Wildman–Crippen MR) is 577 cm³/mol. The third-order valence-corrected chi connectivity index (χ3v) is 35.3. The Morgan fingerprint density at radius 1 is 0.185 bits per heavy atom. The summed E-state index contributed by atoms with van der Waals surface area (Å²) in [6.07, 6.45) is 0. The minimum Gasteiger partial charge on any atom is -0.228 e. The highest BCUT2D eigenvalue weighted by molar-refractivity contribution is 7.27. The molecule has 135 heavy (non-hydrogen) atoms. The number of hydrogen-bond donors (Lipinski definition) is 0. The highest BCUT2D eigenvalue weighted by atomic mass is 32.1. The first-order chi connectivity index (χ1) is 65.4. The molecule has 0 amide bonds. The van der Waals surface area contributed by atoms with E-state index in [-0.39, 0.29) is 32.5 Å². The molecule has 9 heteroatoms. The van der Waals surface area contributed by atoms with Crippen molar-refractivity contribution in [3.63, 3.8) is 0 Å². The third-order valence-electron chi connectivity index (χ3n) is 31.9. The molecule has 6 aromatic heterocycles. The topological polar surface area (TPSA) is 77.3 Å². The molecule has 3 aliphatic carbocycles. The van der Waals surface area contributed by atoms with E-state index in [1.54, 1.807) is 0 Å². The first-order valence-corrected chi connectivity index (χ1v) is 49.5. The van der Waals surface area contributed by atoms with Crippen LogP contribution in [0.25, 0.3) is 227 Å². The van der Waals surface area contributed by atoms with Crippen LogP contribution in [0, 0.1) is 0 Å². The molecule has 0 spiro atoms. The zero-order valence-electron chi connectivity index (χ0n) is 77.5. The molecule has 27 rings (SSSR count). The van der Waals surface area contributed by atoms with Gasteiger partial charge >= 0.3 is 0 Å². The molecule has 3 aliphatic rings. The van der Waals surface area contributed by atoms with Gasteiger partial charge in [-0.05, 0) is 211 Å². The van der Waals surface area contributed by atoms with Crippen molar-refractivity contribution in [2.45, 2.75) is 116 Å². The lowest BCUT2D eigenvalue weighted by molar-refractivity contribution is 0.299. The summed E-state index contributed by atoms with van der Waals surface area (Å²) < 4.78 is 8.00. The number of aromatic nitrogens is 6. The van der Waals surface area contributed by atoms with Crippen LogP contribution in [-0.4, -0.2) is 29.9 Å². The molecule has 18 aromatic carbocycles. The average Bonchev–Trinajstić information content (AvgIpc) is 1.70. The van der Waals surface area contributed by atoms with Crippen molar-refractivity contribution in [2.24, 2.45) is 0 Å². The normalized spacial score (nSPS) is 15.0. The van der Waals surface area contributed by atoms with Crippen molar-refractivity contribution in [1.82, 2.24) is 29.9 Å². The van der Waals surface area contributed by atoms with E-state index in [1.807, 2.05) is 40.1 Å². The molecule has 0 radical (unpaired) electrons. The highest BCUT2D eigenvalue weighted by Gasteiger charge is 2.50. The highest BCUT2D eigenvalue weighted by Crippen LogP contribution is 2.62. The van der Waals surface area contributed by atoms with E-state index in [0.717, 1.165) is 101 Å². The average molecular weight is 1790 g/mol. The van der Waals surface area contributed by atoms with Gasteiger partial charge in [0.1, 0.15) is 0 Å². The van der Waals surface area contributed by atoms with Gasteiger partial charge in [-0.2, -0.15) is 0 Å². The minimum absolute atomic E-state index is 0.0448. The molecule has 0 atom stereocenters. The Labute approximate surface area is 797 Å². The quantitative estimate of drug-likeness (QED) is 0.165. The number of thiophene rings is 3. The zero-order chi connectivity index (χ0) is 91.5. The Morgan fingerprint density at radius 2 is 0.563 bits per heavy atom. The fourth-order valence-electron chi connectivity index (χ4n) is 22.5. The fourth-order valence-corrected chi connectivity index (χ4v) is 26.0. The van der Waals surface area contributed by atoms with E-state index < -0.39 is 0 Å². The van der Waals surface area contributed by atoms with Gasteiger partial charge in [-0.25, -0.2) is 29.9 Å². The summed E-state index contributed by atoms with van der Waals surface area (Å²) >= 11 is 5.71. The number of hydrogen-bond acceptors (Lipinski definition) is 9. The molecule has 648 valence electrons. The van der Waals surface area contributed by atoms with Crippen molar-refractivity contribution >= 4 is 160 Å². The molecule has 24 aromatic rings. The Balaban J connectivity index is 0.000000108. The Morgan fingerprint density at radius 3 is 1.15 bits per heavy atom. The molecule has 0 saturated carbocycles. The summed E-state index contributed by atoms with van der Waals surface area (Å²) in [5, 5.41) is 19.0. The van der Waals surface area contributed by atoms with Gasteiger partial charge in [0.2, 0.25) is 0 Å². The van der Waals surface area contributed by atoms with Crippen LogP contribution in [0.5, 0.6) is 0 Å². The van der Waals surface area contributed by atoms with E-state index in [9.17, 15) is 0 Å². The van der Waals surface area contributed by atoms with Crippen molar-refractivity contribution in [1.29, 1.82) is 0 Å². The standard InChI is InChI=1S/3C42H32N2S/c1-41(2)32-22-21-31-36-28-15-9-8-12-25(28)19-23-35(36)45-39(31)37(32)29-20-18-27(24-33(29)42(41,3)4)40-43-34-17-11-10-16-30(34)38(44-40)26-13-6-5-7-14-26;1-41(2)33-20-18-25-12-8-9-15-28(25)38(33)32-24-37-31(23-34(32)42(41,3)4)30-22-27(19-21-36(30)45-37)40-43-35-17-11-10-16-29(35)39(44-40)26-13-6-5-7-14-26;1-41(2)32-19-18-28(40-43-34-17-11-10-16-29(34)39(44-40)25-12-6-5-7-13-25)23-30(32)37-33(42(41,3)4)20-21-35-38(37)31-22-26-14-8-9-15-27(26)24-36(31)45-35/h3*5-24H,1-4H3. The maximum Gasteiger partial charge on any atom is 0.160 e. The predicted octanol–water partition coefficient (Wildman–Crippen LogP) is 35.2. The second-order valence-corrected chi connectivity index (χ2v) is 43.5. The van der Waals surface area contributed by atoms with E-state index in [0.29, 0.717) is 0 Å². The molecular weight excluding hydrogens is 1690 g/mol. The second kappa shape index (κ2) is 30.5. The van der Waals surface area contributed by atoms with Crippen LogP contribution in [0.1, 0.15) is 116 Å². The van der Waals surface area contributed by atoms with Gasteiger partial charge < -0.3 is 0 Å². The van der Waals surface area contributed by atoms with Crippen LogP contribution in [0.15, 0.2) is 364 Å². The van der Waals surface area contributed by atoms with Gasteiger partial charge in [0.05, 0.1) is 33.6 Å². The van der Waals surface area contributed by atoms with Crippen molar-refractivity contribution in [3.8, 4) is 101 Å². The smallest absolute Gasteiger partial charge is 0.160 e. The number of para-hydroxylation sites is 3. The van der Waals surface area contributed by atoms with Crippen LogP contribution in [0.3, 0.4) is 0 Å². The Bertz CT molecular complexity index is 9120. The van der Waals surface area contributed by atoms with Crippen LogP contribution in [0.2, 0.25) is 0 Å². The number of nitrogens with zero attached hydrogens (tertiary/aromatic N) is 6. The summed E-state index contributed by atoms with van der Waals surface area (Å²) in [5.74, 6) is 2.28. The summed E-state index contributed by atoms with van der Waals surface area (Å²) in [6, 6.07) is 132. The van der Waals surface area contributed by atoms with Crippen molar-refractivity contribution < 1.29 is 0 Å². The van der Waals surface area contributed by atoms with E-state index in [1.165, 1.54) is 160 Å². The van der Waals surface area contributed by atoms with Gasteiger partial charge in [0, 0.05) is 116 Å². The summed E-state index contributed by atoms with van der Waals surface area (Å²) in [4.78, 5) is 30.9. The van der Waals surface area contributed by atoms with Crippen LogP contribution in [-0.2, 0) is 32.5 Å². The first-order valence-electron chi connectivity index (χ1n) is 47.0. The molecule has 0 aliphatic heterocycles. The molecule has 0 bridgehead atoms. The maximum absolute atomic E-state index is 5.24. The molecule has 6 nitrogen and oxygen atoms in total. The van der Waals surface area contributed by atoms with Gasteiger partial charge in [0.15, 0.2) is 17.5 Å². The van der Waals surface area contributed by atoms with Crippen molar-refractivity contribution in [2.75, 3.05) is 0 Å². The Hall–Kier alpha value is -14.6. The number of fused-ring (bicyclic) bond motifs is 28. The summed E-state index contributed by atoms with van der Waals surface area (Å²) in [5.41, 5.74) is 28.3. The van der Waals surface area contributed by atoms with E-state index in [2.05, 4.69) is 441 Å². The minimum atomic E-state index is -0.124. The van der Waals surface area contributed by atoms with E-state index >= 15 is 0 Å². The molecule has 0 saturated heterocycles. The SMILES string of the molecule is CC1(C)c2cc(-c3nc(-c4ccccc4)c4ccccc4n3)ccc2-c2c(ccc3c2sc2ccc4ccccc4c23)C1(C)C.CC1(C)c2cc3c(cc2-c2c(ccc4ccccc24)C1(C)C)sc1ccc(-c2nc(-c4ccccc4)c4ccccc4n2)cc13.CC1(C)c2ccc(-c3nc(-c4ccccc4)c4ccccc4n3)cc2-c2c(ccc3sc4cc5ccccc5cc4c23)C1(C)C. The lowest BCUT2D eigenvalue weighted by Crippen LogP contribution is -2.43. The van der Waals surface area contributed by atoms with Crippen LogP contribution in [0.4, 0.5) is 0 Å². The second-order valence-electron chi connectivity index (χ2n) is 40.3. The van der Waals surface area contributed by atoms with Crippen LogP contribution >= 0.6 is 34.0 Å². The maximum atomic E-state index is 5.24. The molecule has 0 N–H and O–H groups in total. The summed E-state index contributed by atoms with van der Waals surface area (Å²) in [7, 11) is 0. The van der Waals surface area contributed by atoms with Crippen molar-refractivity contribution in [3.05, 3.63) is 397 Å². The Kier molecular flexibility index (Phi) is 18.6. The first kappa shape index (κ1) is 82.3. The van der Waals surface area contributed by atoms with E-state index in [4.69, 9.17) is 29.9 Å². The fraction of sp³-hybridized carbons (Fsp3) is 0.143.